The van der Waals surface area contributed by atoms with Gasteiger partial charge in [-0.2, -0.15) is 0 Å². The number of fused-ring (bicyclic) bond motifs is 1. The molecule has 4 nitrogen and oxygen atoms in total. The molecule has 1 unspecified atom stereocenters. The van der Waals surface area contributed by atoms with E-state index in [1.54, 1.807) is 12.3 Å². The summed E-state index contributed by atoms with van der Waals surface area (Å²) in [7, 11) is 0. The average molecular weight is 444 g/mol. The summed E-state index contributed by atoms with van der Waals surface area (Å²) in [5.41, 5.74) is 4.82. The van der Waals surface area contributed by atoms with Crippen LogP contribution in [-0.4, -0.2) is 9.97 Å². The lowest BCUT2D eigenvalue weighted by Gasteiger charge is -2.32. The summed E-state index contributed by atoms with van der Waals surface area (Å²) in [6.45, 7) is 6.45. The van der Waals surface area contributed by atoms with Crippen LogP contribution in [0.1, 0.15) is 62.4 Å². The molecule has 30 heavy (non-hydrogen) atoms. The fourth-order valence-corrected chi connectivity index (χ4v) is 4.86. The molecule has 1 aliphatic carbocycles. The highest BCUT2D eigenvalue weighted by Crippen LogP contribution is 2.40. The van der Waals surface area contributed by atoms with Gasteiger partial charge in [-0.05, 0) is 49.4 Å². The molecule has 6 heteroatoms. The molecule has 1 aliphatic rings. The maximum absolute atomic E-state index is 6.49. The first-order valence-corrected chi connectivity index (χ1v) is 11.5. The van der Waals surface area contributed by atoms with Crippen LogP contribution in [0.15, 0.2) is 34.9 Å². The number of halogens is 2. The third kappa shape index (κ3) is 3.95. The molecular formula is C24H27Cl2N3O. The Balaban J connectivity index is 1.76. The highest BCUT2D eigenvalue weighted by Gasteiger charge is 2.31. The number of benzene rings is 1. The summed E-state index contributed by atoms with van der Waals surface area (Å²) in [6.07, 6.45) is 6.56. The van der Waals surface area contributed by atoms with Crippen LogP contribution in [0.4, 0.5) is 5.82 Å². The Labute approximate surface area is 188 Å². The van der Waals surface area contributed by atoms with Crippen molar-refractivity contribution in [3.8, 4) is 11.3 Å². The standard InChI is InChI=1S/C24H27Cl2N3O/c1-4-14-7-10-21-17(11-12-30-21)22(14)29-24-20(6-3)27-23(19(5-2)28-24)16-9-8-15(25)13-18(16)26/h8-9,11-14,22H,4-7,10H2,1-3H3,(H,28,29)/t14-,22?/m0/s1. The van der Waals surface area contributed by atoms with Crippen molar-refractivity contribution in [1.29, 1.82) is 0 Å². The zero-order valence-electron chi connectivity index (χ0n) is 17.6. The molecule has 0 fully saturated rings. The molecule has 4 rings (SSSR count). The van der Waals surface area contributed by atoms with Gasteiger partial charge in [0.1, 0.15) is 11.6 Å². The van der Waals surface area contributed by atoms with E-state index >= 15 is 0 Å². The lowest BCUT2D eigenvalue weighted by Crippen LogP contribution is -2.27. The highest BCUT2D eigenvalue weighted by atomic mass is 35.5. The Morgan fingerprint density at radius 1 is 1.07 bits per heavy atom. The van der Waals surface area contributed by atoms with E-state index in [4.69, 9.17) is 37.6 Å². The second-order valence-electron chi connectivity index (χ2n) is 7.77. The van der Waals surface area contributed by atoms with Crippen LogP contribution in [-0.2, 0) is 19.3 Å². The first-order valence-electron chi connectivity index (χ1n) is 10.7. The minimum atomic E-state index is 0.187. The van der Waals surface area contributed by atoms with E-state index in [1.807, 2.05) is 12.1 Å². The molecule has 2 atom stereocenters. The fraction of sp³-hybridized carbons (Fsp3) is 0.417. The van der Waals surface area contributed by atoms with Crippen LogP contribution >= 0.6 is 23.2 Å². The zero-order valence-corrected chi connectivity index (χ0v) is 19.1. The van der Waals surface area contributed by atoms with Crippen molar-refractivity contribution >= 4 is 29.0 Å². The Hall–Kier alpha value is -2.04. The smallest absolute Gasteiger partial charge is 0.148 e. The summed E-state index contributed by atoms with van der Waals surface area (Å²) >= 11 is 12.6. The van der Waals surface area contributed by atoms with Gasteiger partial charge in [0.2, 0.25) is 0 Å². The lowest BCUT2D eigenvalue weighted by atomic mass is 9.81. The molecule has 0 saturated heterocycles. The number of rotatable bonds is 6. The third-order valence-corrected chi connectivity index (χ3v) is 6.59. The molecule has 0 radical (unpaired) electrons. The normalized spacial score (nSPS) is 18.3. The summed E-state index contributed by atoms with van der Waals surface area (Å²) in [4.78, 5) is 10.0. The maximum atomic E-state index is 6.49. The monoisotopic (exact) mass is 443 g/mol. The number of anilines is 1. The van der Waals surface area contributed by atoms with Crippen LogP contribution in [0, 0.1) is 5.92 Å². The third-order valence-electron chi connectivity index (χ3n) is 6.04. The molecule has 0 amide bonds. The Kier molecular flexibility index (Phi) is 6.35. The van der Waals surface area contributed by atoms with Crippen molar-refractivity contribution in [1.82, 2.24) is 9.97 Å². The molecule has 0 spiro atoms. The molecule has 0 aliphatic heterocycles. The van der Waals surface area contributed by atoms with E-state index in [0.29, 0.717) is 16.0 Å². The molecular weight excluding hydrogens is 417 g/mol. The number of nitrogens with zero attached hydrogens (tertiary/aromatic N) is 2. The molecule has 2 heterocycles. The molecule has 2 aromatic heterocycles. The van der Waals surface area contributed by atoms with Gasteiger partial charge in [0, 0.05) is 22.6 Å². The number of aryl methyl sites for hydroxylation is 3. The molecule has 1 aromatic carbocycles. The predicted molar refractivity (Wildman–Crippen MR) is 123 cm³/mol. The lowest BCUT2D eigenvalue weighted by molar-refractivity contribution is 0.354. The predicted octanol–water partition coefficient (Wildman–Crippen LogP) is 7.29. The maximum Gasteiger partial charge on any atom is 0.148 e. The minimum absolute atomic E-state index is 0.187. The van der Waals surface area contributed by atoms with Crippen molar-refractivity contribution in [3.63, 3.8) is 0 Å². The summed E-state index contributed by atoms with van der Waals surface area (Å²) < 4.78 is 5.72. The number of hydrogen-bond donors (Lipinski definition) is 1. The van der Waals surface area contributed by atoms with Gasteiger partial charge in [-0.3, -0.25) is 0 Å². The largest absolute Gasteiger partial charge is 0.469 e. The van der Waals surface area contributed by atoms with Gasteiger partial charge in [-0.1, -0.05) is 50.4 Å². The van der Waals surface area contributed by atoms with Crippen LogP contribution in [0.3, 0.4) is 0 Å². The van der Waals surface area contributed by atoms with Gasteiger partial charge in [-0.25, -0.2) is 9.97 Å². The topological polar surface area (TPSA) is 51.0 Å². The number of furan rings is 1. The van der Waals surface area contributed by atoms with E-state index in [1.165, 1.54) is 5.56 Å². The molecule has 158 valence electrons. The van der Waals surface area contributed by atoms with E-state index in [9.17, 15) is 0 Å². The summed E-state index contributed by atoms with van der Waals surface area (Å²) in [6, 6.07) is 7.80. The van der Waals surface area contributed by atoms with Gasteiger partial charge < -0.3 is 9.73 Å². The van der Waals surface area contributed by atoms with Crippen LogP contribution in [0.25, 0.3) is 11.3 Å². The average Bonchev–Trinajstić information content (AvgIpc) is 3.23. The van der Waals surface area contributed by atoms with E-state index in [0.717, 1.165) is 66.3 Å². The van der Waals surface area contributed by atoms with Gasteiger partial charge in [0.25, 0.3) is 0 Å². The van der Waals surface area contributed by atoms with Crippen molar-refractivity contribution in [2.45, 2.75) is 58.9 Å². The second-order valence-corrected chi connectivity index (χ2v) is 8.62. The SMILES string of the molecule is CCc1nc(-c2ccc(Cl)cc2Cl)c(CC)nc1NC1c2ccoc2CC[C@@H]1CC. The zero-order chi connectivity index (χ0) is 21.3. The van der Waals surface area contributed by atoms with Crippen LogP contribution < -0.4 is 5.32 Å². The Morgan fingerprint density at radius 3 is 2.57 bits per heavy atom. The first-order chi connectivity index (χ1) is 14.5. The van der Waals surface area contributed by atoms with E-state index in [-0.39, 0.29) is 6.04 Å². The quantitative estimate of drug-likeness (QED) is 0.434. The first kappa shape index (κ1) is 21.2. The van der Waals surface area contributed by atoms with Crippen molar-refractivity contribution in [2.24, 2.45) is 5.92 Å². The Bertz CT molecular complexity index is 1050. The second kappa shape index (κ2) is 8.99. The number of hydrogen-bond acceptors (Lipinski definition) is 4. The van der Waals surface area contributed by atoms with E-state index < -0.39 is 0 Å². The van der Waals surface area contributed by atoms with Crippen molar-refractivity contribution < 1.29 is 4.42 Å². The highest BCUT2D eigenvalue weighted by molar-refractivity contribution is 6.36. The molecule has 3 aromatic rings. The summed E-state index contributed by atoms with van der Waals surface area (Å²) in [5.74, 6) is 2.49. The van der Waals surface area contributed by atoms with Gasteiger partial charge >= 0.3 is 0 Å². The molecule has 1 N–H and O–H groups in total. The van der Waals surface area contributed by atoms with Crippen LogP contribution in [0.2, 0.25) is 10.0 Å². The molecule has 0 saturated carbocycles. The van der Waals surface area contributed by atoms with Gasteiger partial charge in [-0.15, -0.1) is 0 Å². The molecule has 0 bridgehead atoms. The van der Waals surface area contributed by atoms with Crippen molar-refractivity contribution in [2.75, 3.05) is 5.32 Å². The fourth-order valence-electron chi connectivity index (χ4n) is 4.36. The summed E-state index contributed by atoms with van der Waals surface area (Å²) in [5, 5.41) is 4.94. The minimum Gasteiger partial charge on any atom is -0.469 e. The van der Waals surface area contributed by atoms with Gasteiger partial charge in [0.05, 0.1) is 34.4 Å². The van der Waals surface area contributed by atoms with Gasteiger partial charge in [0.15, 0.2) is 0 Å². The van der Waals surface area contributed by atoms with Crippen molar-refractivity contribution in [3.05, 3.63) is 63.3 Å². The number of aromatic nitrogens is 2. The number of nitrogens with one attached hydrogen (secondary N) is 1. The van der Waals surface area contributed by atoms with E-state index in [2.05, 4.69) is 32.2 Å². The van der Waals surface area contributed by atoms with Crippen LogP contribution in [0.5, 0.6) is 0 Å². The Morgan fingerprint density at radius 2 is 1.87 bits per heavy atom.